The van der Waals surface area contributed by atoms with Crippen LogP contribution in [0.4, 0.5) is 0 Å². The minimum atomic E-state index is -0.804. The van der Waals surface area contributed by atoms with Crippen molar-refractivity contribution >= 4 is 21.8 Å². The van der Waals surface area contributed by atoms with Crippen molar-refractivity contribution in [1.29, 1.82) is 5.26 Å². The van der Waals surface area contributed by atoms with Crippen LogP contribution in [-0.4, -0.2) is 14.5 Å². The van der Waals surface area contributed by atoms with E-state index in [4.69, 9.17) is 9.97 Å². The molecule has 0 fully saturated rings. The molecule has 4 nitrogen and oxygen atoms in total. The monoisotopic (exact) mass is 893 g/mol. The van der Waals surface area contributed by atoms with E-state index < -0.39 is 5.41 Å². The average Bonchev–Trinajstić information content (AvgIpc) is 3.52. The number of pyridine rings is 2. The predicted molar refractivity (Wildman–Crippen MR) is 220 cm³/mol. The van der Waals surface area contributed by atoms with Gasteiger partial charge in [0.1, 0.15) is 5.82 Å². The molecule has 5 heteroatoms. The molecule has 3 aromatic heterocycles. The maximum absolute atomic E-state index is 9.92. The van der Waals surface area contributed by atoms with Crippen molar-refractivity contribution in [2.75, 3.05) is 0 Å². The van der Waals surface area contributed by atoms with E-state index in [1.807, 2.05) is 30.6 Å². The molecule has 0 saturated carbocycles. The second kappa shape index (κ2) is 15.3. The molecule has 0 unspecified atom stereocenters. The van der Waals surface area contributed by atoms with Crippen molar-refractivity contribution in [3.8, 4) is 23.1 Å². The summed E-state index contributed by atoms with van der Waals surface area (Å²) in [6.07, 6.45) is 4.79. The molecule has 3 heterocycles. The van der Waals surface area contributed by atoms with E-state index in [1.165, 1.54) is 11.1 Å². The summed E-state index contributed by atoms with van der Waals surface area (Å²) in [5.41, 5.74) is 10.1. The zero-order valence-electron chi connectivity index (χ0n) is 31.7. The molecule has 8 rings (SSSR count). The summed E-state index contributed by atoms with van der Waals surface area (Å²) in [5, 5.41) is 11.9. The van der Waals surface area contributed by atoms with Crippen LogP contribution in [0.25, 0.3) is 38.9 Å². The zero-order valence-corrected chi connectivity index (χ0v) is 34.0. The molecule has 55 heavy (non-hydrogen) atoms. The van der Waals surface area contributed by atoms with Gasteiger partial charge in [0.2, 0.25) is 0 Å². The van der Waals surface area contributed by atoms with Crippen molar-refractivity contribution in [3.05, 3.63) is 197 Å². The summed E-state index contributed by atoms with van der Waals surface area (Å²) in [7, 11) is 0. The van der Waals surface area contributed by atoms with Crippen LogP contribution < -0.4 is 0 Å². The number of hydrogen-bond acceptors (Lipinski definition) is 3. The molecule has 0 radical (unpaired) electrons. The van der Waals surface area contributed by atoms with Crippen molar-refractivity contribution < 1.29 is 21.1 Å². The first-order valence-electron chi connectivity index (χ1n) is 18.6. The van der Waals surface area contributed by atoms with Crippen LogP contribution in [0, 0.1) is 29.4 Å². The van der Waals surface area contributed by atoms with Gasteiger partial charge in [0.25, 0.3) is 0 Å². The van der Waals surface area contributed by atoms with Gasteiger partial charge in [-0.3, -0.25) is 0 Å². The maximum Gasteiger partial charge on any atom is 2.00 e. The van der Waals surface area contributed by atoms with Gasteiger partial charge in [-0.1, -0.05) is 112 Å². The van der Waals surface area contributed by atoms with Gasteiger partial charge in [0.15, 0.2) is 0 Å². The van der Waals surface area contributed by atoms with Gasteiger partial charge >= 0.3 is 21.1 Å². The Bertz CT molecular complexity index is 2620. The molecule has 0 amide bonds. The SMILES string of the molecule is CC(C)Cc1ccnc(-c2[c-]c(C(c3[c-]c4c(cc3)c3cc(C#N)ccc3n4-c3cc(C(C)(C)C)ccn3)(c3ccccc3)c3ccccc3)ccc2)c1.[Pt+2]. The van der Waals surface area contributed by atoms with Crippen molar-refractivity contribution in [3.63, 3.8) is 0 Å². The van der Waals surface area contributed by atoms with Crippen LogP contribution in [-0.2, 0) is 38.3 Å². The van der Waals surface area contributed by atoms with Gasteiger partial charge in [-0.15, -0.1) is 46.3 Å². The summed E-state index contributed by atoms with van der Waals surface area (Å²) in [6.45, 7) is 11.1. The summed E-state index contributed by atoms with van der Waals surface area (Å²) in [5.74, 6) is 1.35. The summed E-state index contributed by atoms with van der Waals surface area (Å²) < 4.78 is 2.20. The van der Waals surface area contributed by atoms with Crippen molar-refractivity contribution in [2.45, 2.75) is 51.9 Å². The summed E-state index contributed by atoms with van der Waals surface area (Å²) in [4.78, 5) is 9.77. The Kier molecular flexibility index (Phi) is 10.5. The smallest absolute Gasteiger partial charge is 0.319 e. The molecule has 0 aliphatic heterocycles. The molecule has 8 aromatic rings. The Morgan fingerprint density at radius 2 is 1.36 bits per heavy atom. The third kappa shape index (κ3) is 6.95. The van der Waals surface area contributed by atoms with Crippen LogP contribution in [0.15, 0.2) is 146 Å². The minimum absolute atomic E-state index is 0. The maximum atomic E-state index is 9.92. The topological polar surface area (TPSA) is 54.5 Å². The molecular weight excluding hydrogens is 852 g/mol. The fourth-order valence-corrected chi connectivity index (χ4v) is 7.84. The number of fused-ring (bicyclic) bond motifs is 3. The van der Waals surface area contributed by atoms with E-state index in [0.717, 1.165) is 67.6 Å². The van der Waals surface area contributed by atoms with Crippen LogP contribution in [0.2, 0.25) is 0 Å². The number of nitriles is 1. The van der Waals surface area contributed by atoms with E-state index in [2.05, 4.69) is 173 Å². The first-order valence-corrected chi connectivity index (χ1v) is 18.6. The van der Waals surface area contributed by atoms with E-state index in [9.17, 15) is 5.26 Å². The third-order valence-electron chi connectivity index (χ3n) is 10.4. The Morgan fingerprint density at radius 3 is 2.04 bits per heavy atom. The number of benzene rings is 5. The largest absolute Gasteiger partial charge is 2.00 e. The van der Waals surface area contributed by atoms with Gasteiger partial charge in [-0.25, -0.2) is 4.98 Å². The van der Waals surface area contributed by atoms with Crippen molar-refractivity contribution in [2.24, 2.45) is 5.92 Å². The van der Waals surface area contributed by atoms with E-state index in [1.54, 1.807) is 0 Å². The Morgan fingerprint density at radius 1 is 0.673 bits per heavy atom. The fraction of sp³-hybridized carbons (Fsp3) is 0.180. The second-order valence-electron chi connectivity index (χ2n) is 15.6. The molecule has 5 aromatic carbocycles. The summed E-state index contributed by atoms with van der Waals surface area (Å²) in [6, 6.07) is 56.9. The van der Waals surface area contributed by atoms with Crippen molar-refractivity contribution in [1.82, 2.24) is 14.5 Å². The molecule has 0 bridgehead atoms. The molecule has 0 spiro atoms. The summed E-state index contributed by atoms with van der Waals surface area (Å²) >= 11 is 0. The molecular formula is C50H42N4Pt. The molecule has 0 atom stereocenters. The van der Waals surface area contributed by atoms with E-state index in [-0.39, 0.29) is 26.5 Å². The molecule has 0 aliphatic rings. The second-order valence-corrected chi connectivity index (χ2v) is 15.6. The molecule has 0 N–H and O–H groups in total. The zero-order chi connectivity index (χ0) is 37.5. The number of hydrogen-bond donors (Lipinski definition) is 0. The van der Waals surface area contributed by atoms with Crippen LogP contribution >= 0.6 is 0 Å². The van der Waals surface area contributed by atoms with E-state index in [0.29, 0.717) is 11.5 Å². The minimum Gasteiger partial charge on any atom is -0.319 e. The standard InChI is InChI=1S/C50H42N4.Pt/c1-34(2)27-35-23-25-52-45(29-35)37-13-12-18-41(30-37)50(38-14-8-6-9-15-38,39-16-10-7-11-17-39)42-20-21-43-44-28-36(33-51)19-22-46(44)54(47(43)31-42)48-32-40(24-26-53-48)49(3,4)5;/h6-26,28-29,32,34H,27H2,1-5H3;/q-2;+2. The normalized spacial score (nSPS) is 11.8. The van der Waals surface area contributed by atoms with Gasteiger partial charge in [-0.05, 0) is 81.9 Å². The van der Waals surface area contributed by atoms with Gasteiger partial charge in [-0.2, -0.15) is 23.5 Å². The molecule has 0 aliphatic carbocycles. The van der Waals surface area contributed by atoms with Gasteiger partial charge < -0.3 is 9.55 Å². The quantitative estimate of drug-likeness (QED) is 0.113. The van der Waals surface area contributed by atoms with Crippen LogP contribution in [0.3, 0.4) is 0 Å². The first kappa shape index (κ1) is 37.7. The van der Waals surface area contributed by atoms with E-state index >= 15 is 0 Å². The average molecular weight is 894 g/mol. The Hall–Kier alpha value is -5.62. The number of nitrogens with zero attached hydrogens (tertiary/aromatic N) is 4. The predicted octanol–water partition coefficient (Wildman–Crippen LogP) is 11.6. The number of rotatable bonds is 8. The number of aromatic nitrogens is 3. The Labute approximate surface area is 338 Å². The fourth-order valence-electron chi connectivity index (χ4n) is 7.84. The molecule has 0 saturated heterocycles. The van der Waals surface area contributed by atoms with Crippen LogP contribution in [0.5, 0.6) is 0 Å². The van der Waals surface area contributed by atoms with Crippen LogP contribution in [0.1, 0.15) is 73.6 Å². The first-order chi connectivity index (χ1) is 26.2. The Balaban J connectivity index is 0.00000465. The molecule has 272 valence electrons. The third-order valence-corrected chi connectivity index (χ3v) is 10.4. The van der Waals surface area contributed by atoms with Gasteiger partial charge in [0, 0.05) is 23.3 Å². The van der Waals surface area contributed by atoms with Gasteiger partial charge in [0.05, 0.1) is 11.6 Å².